The maximum atomic E-state index is 10.9. The molecule has 0 spiro atoms. The Morgan fingerprint density at radius 3 is 2.79 bits per heavy atom. The third-order valence-electron chi connectivity index (χ3n) is 4.60. The molecule has 0 aromatic heterocycles. The minimum absolute atomic E-state index is 0.225. The van der Waals surface area contributed by atoms with Crippen molar-refractivity contribution in [1.29, 1.82) is 0 Å². The molecule has 1 N–H and O–H groups in total. The lowest BCUT2D eigenvalue weighted by Crippen LogP contribution is -2.40. The first-order chi connectivity index (χ1) is 9.25. The molecule has 2 saturated carbocycles. The highest BCUT2D eigenvalue weighted by atomic mass is 16.4. The minimum atomic E-state index is -0.705. The van der Waals surface area contributed by atoms with Gasteiger partial charge in [0.2, 0.25) is 0 Å². The molecule has 3 atom stereocenters. The third kappa shape index (κ3) is 2.75. The lowest BCUT2D eigenvalue weighted by molar-refractivity contribution is -0.136. The average molecular weight is 259 g/mol. The summed E-state index contributed by atoms with van der Waals surface area (Å²) in [4.78, 5) is 13.2. The van der Waals surface area contributed by atoms with E-state index >= 15 is 0 Å². The van der Waals surface area contributed by atoms with Crippen LogP contribution in [0.15, 0.2) is 30.3 Å². The van der Waals surface area contributed by atoms with Gasteiger partial charge in [-0.2, -0.15) is 0 Å². The molecule has 0 aliphatic heterocycles. The molecule has 0 amide bonds. The number of hydrogen-bond donors (Lipinski definition) is 1. The van der Waals surface area contributed by atoms with Crippen molar-refractivity contribution in [3.8, 4) is 0 Å². The second kappa shape index (κ2) is 5.24. The van der Waals surface area contributed by atoms with Crippen LogP contribution in [-0.2, 0) is 4.79 Å². The van der Waals surface area contributed by atoms with Crippen LogP contribution >= 0.6 is 0 Å². The van der Waals surface area contributed by atoms with Crippen LogP contribution in [0.25, 0.3) is 0 Å². The quantitative estimate of drug-likeness (QED) is 0.883. The van der Waals surface area contributed by atoms with Gasteiger partial charge in [0.15, 0.2) is 0 Å². The number of fused-ring (bicyclic) bond motifs is 1. The summed E-state index contributed by atoms with van der Waals surface area (Å²) in [6.45, 7) is 0.632. The molecular formula is C16H21NO2. The maximum absolute atomic E-state index is 10.9. The van der Waals surface area contributed by atoms with E-state index in [1.165, 1.54) is 31.4 Å². The van der Waals surface area contributed by atoms with Crippen molar-refractivity contribution in [3.05, 3.63) is 30.3 Å². The summed E-state index contributed by atoms with van der Waals surface area (Å²) in [5.41, 5.74) is 1.18. The van der Waals surface area contributed by atoms with E-state index in [1.54, 1.807) is 0 Å². The highest BCUT2D eigenvalue weighted by Gasteiger charge is 2.47. The number of aliphatic carboxylic acids is 1. The van der Waals surface area contributed by atoms with Crippen LogP contribution in [0.4, 0.5) is 5.69 Å². The zero-order valence-electron chi connectivity index (χ0n) is 11.2. The fourth-order valence-corrected chi connectivity index (χ4v) is 3.59. The first kappa shape index (κ1) is 12.5. The van der Waals surface area contributed by atoms with Gasteiger partial charge in [-0.05, 0) is 36.8 Å². The Morgan fingerprint density at radius 2 is 2.05 bits per heavy atom. The van der Waals surface area contributed by atoms with Crippen molar-refractivity contribution < 1.29 is 9.90 Å². The Labute approximate surface area is 114 Å². The van der Waals surface area contributed by atoms with Gasteiger partial charge in [-0.25, -0.2) is 0 Å². The number of anilines is 1. The zero-order chi connectivity index (χ0) is 13.2. The van der Waals surface area contributed by atoms with Crippen LogP contribution in [0.1, 0.15) is 32.1 Å². The van der Waals surface area contributed by atoms with E-state index in [0.717, 1.165) is 11.8 Å². The second-order valence-electron chi connectivity index (χ2n) is 5.83. The second-order valence-corrected chi connectivity index (χ2v) is 5.83. The van der Waals surface area contributed by atoms with Crippen LogP contribution in [0.3, 0.4) is 0 Å². The smallest absolute Gasteiger partial charge is 0.305 e. The number of nitrogens with zero attached hydrogens (tertiary/aromatic N) is 1. The Kier molecular flexibility index (Phi) is 3.45. The Hall–Kier alpha value is -1.51. The largest absolute Gasteiger partial charge is 0.481 e. The Morgan fingerprint density at radius 1 is 1.26 bits per heavy atom. The maximum Gasteiger partial charge on any atom is 0.305 e. The van der Waals surface area contributed by atoms with Crippen LogP contribution in [0.2, 0.25) is 0 Å². The van der Waals surface area contributed by atoms with Gasteiger partial charge in [0, 0.05) is 18.3 Å². The van der Waals surface area contributed by atoms with E-state index in [2.05, 4.69) is 17.0 Å². The van der Waals surface area contributed by atoms with Gasteiger partial charge in [0.1, 0.15) is 0 Å². The van der Waals surface area contributed by atoms with Gasteiger partial charge >= 0.3 is 5.97 Å². The molecule has 3 heteroatoms. The van der Waals surface area contributed by atoms with Crippen molar-refractivity contribution in [2.45, 2.75) is 38.1 Å². The number of carboxylic acids is 1. The third-order valence-corrected chi connectivity index (χ3v) is 4.60. The summed E-state index contributed by atoms with van der Waals surface area (Å²) in [7, 11) is 0. The molecule has 3 rings (SSSR count). The molecule has 0 bridgehead atoms. The fraction of sp³-hybridized carbons (Fsp3) is 0.562. The zero-order valence-corrected chi connectivity index (χ0v) is 11.2. The molecule has 2 aliphatic rings. The molecule has 102 valence electrons. The van der Waals surface area contributed by atoms with E-state index in [-0.39, 0.29) is 6.42 Å². The molecule has 0 radical (unpaired) electrons. The van der Waals surface area contributed by atoms with Gasteiger partial charge < -0.3 is 10.0 Å². The number of rotatable bonds is 5. The molecule has 0 heterocycles. The lowest BCUT2D eigenvalue weighted by atomic mass is 9.93. The number of carbonyl (C=O) groups is 1. The predicted molar refractivity (Wildman–Crippen MR) is 75.3 cm³/mol. The summed E-state index contributed by atoms with van der Waals surface area (Å²) in [6.07, 6.45) is 5.46. The molecule has 1 aromatic rings. The number of para-hydroxylation sites is 1. The van der Waals surface area contributed by atoms with Crippen molar-refractivity contribution >= 4 is 11.7 Å². The van der Waals surface area contributed by atoms with Gasteiger partial charge in [-0.1, -0.05) is 31.0 Å². The van der Waals surface area contributed by atoms with Crippen molar-refractivity contribution in [1.82, 2.24) is 0 Å². The van der Waals surface area contributed by atoms with Gasteiger partial charge in [-0.15, -0.1) is 0 Å². The van der Waals surface area contributed by atoms with E-state index in [1.807, 2.05) is 18.2 Å². The van der Waals surface area contributed by atoms with Crippen molar-refractivity contribution in [2.75, 3.05) is 11.4 Å². The van der Waals surface area contributed by atoms with Crippen molar-refractivity contribution in [2.24, 2.45) is 11.8 Å². The van der Waals surface area contributed by atoms with E-state index < -0.39 is 5.97 Å². The summed E-state index contributed by atoms with van der Waals surface area (Å²) in [5.74, 6) is 1.02. The molecule has 3 nitrogen and oxygen atoms in total. The summed E-state index contributed by atoms with van der Waals surface area (Å²) in [5, 5.41) is 8.96. The summed E-state index contributed by atoms with van der Waals surface area (Å²) < 4.78 is 0. The average Bonchev–Trinajstić information content (AvgIpc) is 3.20. The Balaban J connectivity index is 1.77. The predicted octanol–water partition coefficient (Wildman–Crippen LogP) is 3.16. The standard InChI is InChI=1S/C16H21NO2/c18-16(19)9-10-17(13-6-2-1-3-7-13)15-8-4-5-12-11-14(12)15/h1-3,6-7,12,14-15H,4-5,8-11H2,(H,18,19). The van der Waals surface area contributed by atoms with E-state index in [0.29, 0.717) is 12.6 Å². The summed E-state index contributed by atoms with van der Waals surface area (Å²) in [6, 6.07) is 10.9. The topological polar surface area (TPSA) is 40.5 Å². The highest BCUT2D eigenvalue weighted by molar-refractivity contribution is 5.67. The highest BCUT2D eigenvalue weighted by Crippen LogP contribution is 2.51. The van der Waals surface area contributed by atoms with Crippen LogP contribution in [0.5, 0.6) is 0 Å². The van der Waals surface area contributed by atoms with Crippen LogP contribution < -0.4 is 4.90 Å². The first-order valence-corrected chi connectivity index (χ1v) is 7.29. The molecule has 3 unspecified atom stereocenters. The number of carboxylic acid groups (broad SMARTS) is 1. The number of hydrogen-bond acceptors (Lipinski definition) is 2. The molecule has 2 fully saturated rings. The number of benzene rings is 1. The normalized spacial score (nSPS) is 28.5. The molecule has 1 aromatic carbocycles. The van der Waals surface area contributed by atoms with Gasteiger partial charge in [0.25, 0.3) is 0 Å². The first-order valence-electron chi connectivity index (χ1n) is 7.29. The van der Waals surface area contributed by atoms with Crippen LogP contribution in [0, 0.1) is 11.8 Å². The van der Waals surface area contributed by atoms with Gasteiger partial charge in [0.05, 0.1) is 6.42 Å². The van der Waals surface area contributed by atoms with Crippen molar-refractivity contribution in [3.63, 3.8) is 0 Å². The molecule has 0 saturated heterocycles. The Bertz CT molecular complexity index is 445. The molecule has 19 heavy (non-hydrogen) atoms. The van der Waals surface area contributed by atoms with Gasteiger partial charge in [-0.3, -0.25) is 4.79 Å². The minimum Gasteiger partial charge on any atom is -0.481 e. The fourth-order valence-electron chi connectivity index (χ4n) is 3.59. The monoisotopic (exact) mass is 259 g/mol. The van der Waals surface area contributed by atoms with Crippen LogP contribution in [-0.4, -0.2) is 23.7 Å². The van der Waals surface area contributed by atoms with E-state index in [9.17, 15) is 4.79 Å². The lowest BCUT2D eigenvalue weighted by Gasteiger charge is -2.36. The molecular weight excluding hydrogens is 238 g/mol. The summed E-state index contributed by atoms with van der Waals surface area (Å²) >= 11 is 0. The SMILES string of the molecule is O=C(O)CCN(c1ccccc1)C1CCCC2CC21. The van der Waals surface area contributed by atoms with E-state index in [4.69, 9.17) is 5.11 Å². The molecule has 2 aliphatic carbocycles.